The minimum Gasteiger partial charge on any atom is -0.354 e. The monoisotopic (exact) mass is 303 g/mol. The van der Waals surface area contributed by atoms with Gasteiger partial charge in [-0.05, 0) is 25.7 Å². The number of rotatable bonds is 5. The van der Waals surface area contributed by atoms with Crippen molar-refractivity contribution in [3.05, 3.63) is 0 Å². The molecule has 0 aromatic heterocycles. The van der Waals surface area contributed by atoms with Gasteiger partial charge in [0.15, 0.2) is 0 Å². The summed E-state index contributed by atoms with van der Waals surface area (Å²) < 4.78 is 25.0. The fourth-order valence-electron chi connectivity index (χ4n) is 2.49. The van der Waals surface area contributed by atoms with E-state index >= 15 is 0 Å². The second-order valence-electron chi connectivity index (χ2n) is 5.23. The van der Waals surface area contributed by atoms with Crippen LogP contribution < -0.4 is 10.6 Å². The second-order valence-corrected chi connectivity index (χ2v) is 7.31. The smallest absolute Gasteiger partial charge is 0.242 e. The number of hydrogen-bond donors (Lipinski definition) is 2. The molecule has 0 saturated carbocycles. The first-order valence-electron chi connectivity index (χ1n) is 7.04. The molecule has 0 aromatic rings. The highest BCUT2D eigenvalue weighted by Gasteiger charge is 2.27. The summed E-state index contributed by atoms with van der Waals surface area (Å²) in [5.41, 5.74) is 0. The molecule has 1 unspecified atom stereocenters. The standard InChI is InChI=1S/C12H21N3O4S/c16-11-5-4-10(14-11)12(17)13-6-3-8-15-7-1-2-9-20(15,18)19/h10H,1-9H2,(H,13,17)(H,14,16). The molecule has 20 heavy (non-hydrogen) atoms. The first-order chi connectivity index (χ1) is 9.49. The van der Waals surface area contributed by atoms with E-state index in [0.717, 1.165) is 12.8 Å². The lowest BCUT2D eigenvalue weighted by atomic mass is 10.2. The molecule has 1 atom stereocenters. The molecule has 2 fully saturated rings. The number of carbonyl (C=O) groups is 2. The van der Waals surface area contributed by atoms with Gasteiger partial charge < -0.3 is 10.6 Å². The normalized spacial score (nSPS) is 26.2. The summed E-state index contributed by atoms with van der Waals surface area (Å²) in [4.78, 5) is 22.7. The van der Waals surface area contributed by atoms with Crippen molar-refractivity contribution in [3.63, 3.8) is 0 Å². The zero-order chi connectivity index (χ0) is 14.6. The number of carbonyl (C=O) groups excluding carboxylic acids is 2. The van der Waals surface area contributed by atoms with Gasteiger partial charge >= 0.3 is 0 Å². The van der Waals surface area contributed by atoms with Gasteiger partial charge in [0.25, 0.3) is 0 Å². The van der Waals surface area contributed by atoms with Crippen LogP contribution in [0.1, 0.15) is 32.1 Å². The van der Waals surface area contributed by atoms with Crippen LogP contribution in [0.2, 0.25) is 0 Å². The molecule has 0 aromatic carbocycles. The van der Waals surface area contributed by atoms with Crippen molar-refractivity contribution >= 4 is 21.8 Å². The van der Waals surface area contributed by atoms with Crippen LogP contribution in [0.15, 0.2) is 0 Å². The molecule has 114 valence electrons. The molecule has 0 spiro atoms. The number of nitrogens with one attached hydrogen (secondary N) is 2. The highest BCUT2D eigenvalue weighted by atomic mass is 32.2. The maximum absolute atomic E-state index is 11.7. The molecule has 2 rings (SSSR count). The van der Waals surface area contributed by atoms with Crippen LogP contribution in [0, 0.1) is 0 Å². The van der Waals surface area contributed by atoms with Crippen LogP contribution in [-0.4, -0.2) is 56.0 Å². The lowest BCUT2D eigenvalue weighted by Crippen LogP contribution is -2.43. The highest BCUT2D eigenvalue weighted by molar-refractivity contribution is 7.89. The third-order valence-corrected chi connectivity index (χ3v) is 5.61. The van der Waals surface area contributed by atoms with E-state index in [0.29, 0.717) is 38.9 Å². The van der Waals surface area contributed by atoms with E-state index in [9.17, 15) is 18.0 Å². The van der Waals surface area contributed by atoms with Crippen LogP contribution in [0.5, 0.6) is 0 Å². The van der Waals surface area contributed by atoms with Gasteiger partial charge in [-0.25, -0.2) is 12.7 Å². The molecule has 2 aliphatic heterocycles. The topological polar surface area (TPSA) is 95.6 Å². The molecule has 2 aliphatic rings. The maximum atomic E-state index is 11.7. The Morgan fingerprint density at radius 3 is 2.85 bits per heavy atom. The summed E-state index contributed by atoms with van der Waals surface area (Å²) in [6.45, 7) is 1.45. The van der Waals surface area contributed by atoms with Gasteiger partial charge in [0.2, 0.25) is 21.8 Å². The van der Waals surface area contributed by atoms with Crippen molar-refractivity contribution in [3.8, 4) is 0 Å². The second kappa shape index (κ2) is 6.53. The van der Waals surface area contributed by atoms with Gasteiger partial charge in [-0.15, -0.1) is 0 Å². The van der Waals surface area contributed by atoms with Crippen LogP contribution >= 0.6 is 0 Å². The Morgan fingerprint density at radius 2 is 2.20 bits per heavy atom. The van der Waals surface area contributed by atoms with Crippen molar-refractivity contribution in [1.82, 2.24) is 14.9 Å². The summed E-state index contributed by atoms with van der Waals surface area (Å²) in [5.74, 6) is -0.0464. The zero-order valence-electron chi connectivity index (χ0n) is 11.4. The first-order valence-corrected chi connectivity index (χ1v) is 8.65. The molecule has 0 bridgehead atoms. The molecule has 2 amide bonds. The van der Waals surface area contributed by atoms with Crippen LogP contribution in [0.4, 0.5) is 0 Å². The third kappa shape index (κ3) is 3.92. The summed E-state index contributed by atoms with van der Waals surface area (Å²) in [6, 6.07) is -0.429. The van der Waals surface area contributed by atoms with Crippen LogP contribution in [0.25, 0.3) is 0 Å². The third-order valence-electron chi connectivity index (χ3n) is 3.65. The van der Waals surface area contributed by atoms with E-state index in [1.54, 1.807) is 0 Å². The van der Waals surface area contributed by atoms with E-state index in [1.165, 1.54) is 4.31 Å². The Kier molecular flexibility index (Phi) is 4.98. The Bertz CT molecular complexity index is 477. The fraction of sp³-hybridized carbons (Fsp3) is 0.833. The van der Waals surface area contributed by atoms with Crippen molar-refractivity contribution in [2.45, 2.75) is 38.1 Å². The minimum absolute atomic E-state index is 0.0930. The largest absolute Gasteiger partial charge is 0.354 e. The first kappa shape index (κ1) is 15.2. The number of amides is 2. The minimum atomic E-state index is -3.08. The average Bonchev–Trinajstić information content (AvgIpc) is 2.82. The van der Waals surface area contributed by atoms with Gasteiger partial charge in [0, 0.05) is 26.1 Å². The summed E-state index contributed by atoms with van der Waals surface area (Å²) >= 11 is 0. The number of hydrogen-bond acceptors (Lipinski definition) is 4. The van der Waals surface area contributed by atoms with E-state index < -0.39 is 16.1 Å². The van der Waals surface area contributed by atoms with Gasteiger partial charge in [0.1, 0.15) is 6.04 Å². The zero-order valence-corrected chi connectivity index (χ0v) is 12.2. The molecule has 0 aliphatic carbocycles. The van der Waals surface area contributed by atoms with Crippen LogP contribution in [0.3, 0.4) is 0 Å². The Balaban J connectivity index is 1.66. The van der Waals surface area contributed by atoms with Gasteiger partial charge in [-0.1, -0.05) is 0 Å². The van der Waals surface area contributed by atoms with Crippen molar-refractivity contribution < 1.29 is 18.0 Å². The Morgan fingerprint density at radius 1 is 1.40 bits per heavy atom. The summed E-state index contributed by atoms with van der Waals surface area (Å²) in [6.07, 6.45) is 3.15. The highest BCUT2D eigenvalue weighted by Crippen LogP contribution is 2.13. The SMILES string of the molecule is O=C1CCC(C(=O)NCCCN2CCCCS2(=O)=O)N1. The molecule has 8 heteroatoms. The Hall–Kier alpha value is -1.15. The van der Waals surface area contributed by atoms with Crippen molar-refractivity contribution in [2.24, 2.45) is 0 Å². The predicted octanol–water partition coefficient (Wildman–Crippen LogP) is -0.803. The molecule has 2 heterocycles. The lowest BCUT2D eigenvalue weighted by Gasteiger charge is -2.26. The molecule has 2 saturated heterocycles. The quantitative estimate of drug-likeness (QED) is 0.650. The van der Waals surface area contributed by atoms with Gasteiger partial charge in [0.05, 0.1) is 5.75 Å². The number of sulfonamides is 1. The molecule has 7 nitrogen and oxygen atoms in total. The van der Waals surface area contributed by atoms with Gasteiger partial charge in [-0.2, -0.15) is 0 Å². The van der Waals surface area contributed by atoms with Crippen molar-refractivity contribution in [1.29, 1.82) is 0 Å². The lowest BCUT2D eigenvalue weighted by molar-refractivity contribution is -0.125. The maximum Gasteiger partial charge on any atom is 0.242 e. The number of nitrogens with zero attached hydrogens (tertiary/aromatic N) is 1. The predicted molar refractivity (Wildman–Crippen MR) is 73.4 cm³/mol. The van der Waals surface area contributed by atoms with E-state index in [2.05, 4.69) is 10.6 Å². The Labute approximate surface area is 119 Å². The van der Waals surface area contributed by atoms with E-state index in [4.69, 9.17) is 0 Å². The van der Waals surface area contributed by atoms with Crippen molar-refractivity contribution in [2.75, 3.05) is 25.4 Å². The van der Waals surface area contributed by atoms with E-state index in [1.807, 2.05) is 0 Å². The summed E-state index contributed by atoms with van der Waals surface area (Å²) in [5, 5.41) is 5.34. The van der Waals surface area contributed by atoms with E-state index in [-0.39, 0.29) is 17.6 Å². The molecule has 0 radical (unpaired) electrons. The van der Waals surface area contributed by atoms with Gasteiger partial charge in [-0.3, -0.25) is 9.59 Å². The average molecular weight is 303 g/mol. The molecule has 2 N–H and O–H groups in total. The van der Waals surface area contributed by atoms with Crippen LogP contribution in [-0.2, 0) is 19.6 Å². The fourth-order valence-corrected chi connectivity index (χ4v) is 4.13. The molecular weight excluding hydrogens is 282 g/mol. The summed E-state index contributed by atoms with van der Waals surface area (Å²) in [7, 11) is -3.08. The molecular formula is C12H21N3O4S.